The summed E-state index contributed by atoms with van der Waals surface area (Å²) < 4.78 is 5.12. The third kappa shape index (κ3) is 2.56. The summed E-state index contributed by atoms with van der Waals surface area (Å²) in [7, 11) is 0. The third-order valence-corrected chi connectivity index (χ3v) is 4.34. The molecule has 5 heteroatoms. The lowest BCUT2D eigenvalue weighted by atomic mass is 10.1. The van der Waals surface area contributed by atoms with Gasteiger partial charge in [-0.15, -0.1) is 11.3 Å². The van der Waals surface area contributed by atoms with Crippen LogP contribution in [-0.4, -0.2) is 22.5 Å². The Bertz CT molecular complexity index is 562. The monoisotopic (exact) mass is 276 g/mol. The number of thiophene rings is 1. The Labute approximate surface area is 116 Å². The van der Waals surface area contributed by atoms with Crippen molar-refractivity contribution in [1.82, 2.24) is 10.1 Å². The van der Waals surface area contributed by atoms with E-state index in [1.807, 2.05) is 35.4 Å². The van der Waals surface area contributed by atoms with Crippen LogP contribution in [0.4, 0.5) is 0 Å². The molecule has 2 aromatic rings. The van der Waals surface area contributed by atoms with E-state index < -0.39 is 0 Å². The highest BCUT2D eigenvalue weighted by Gasteiger charge is 2.31. The van der Waals surface area contributed by atoms with E-state index in [9.17, 15) is 4.79 Å². The second-order valence-corrected chi connectivity index (χ2v) is 5.90. The van der Waals surface area contributed by atoms with E-state index >= 15 is 0 Å². The van der Waals surface area contributed by atoms with Crippen LogP contribution in [0, 0.1) is 6.92 Å². The number of amides is 1. The van der Waals surface area contributed by atoms with Crippen molar-refractivity contribution in [3.63, 3.8) is 0 Å². The first-order valence-corrected chi connectivity index (χ1v) is 7.37. The number of carbonyl (C=O) groups excluding carboxylic acids is 1. The van der Waals surface area contributed by atoms with Gasteiger partial charge in [-0.05, 0) is 31.2 Å². The quantitative estimate of drug-likeness (QED) is 0.866. The van der Waals surface area contributed by atoms with Crippen LogP contribution in [0.1, 0.15) is 35.2 Å². The van der Waals surface area contributed by atoms with Crippen LogP contribution in [0.3, 0.4) is 0 Å². The maximum absolute atomic E-state index is 12.4. The molecule has 1 atom stereocenters. The predicted molar refractivity (Wildman–Crippen MR) is 73.0 cm³/mol. The maximum atomic E-state index is 12.4. The summed E-state index contributed by atoms with van der Waals surface area (Å²) in [5.74, 6) is 0.984. The number of nitrogens with zero attached hydrogens (tertiary/aromatic N) is 2. The zero-order valence-electron chi connectivity index (χ0n) is 10.8. The molecule has 1 fully saturated rings. The summed E-state index contributed by atoms with van der Waals surface area (Å²) in [5.41, 5.74) is 0.884. The molecule has 1 aliphatic rings. The molecule has 1 amide bonds. The number of hydrogen-bond acceptors (Lipinski definition) is 4. The number of hydrogen-bond donors (Lipinski definition) is 0. The zero-order valence-corrected chi connectivity index (χ0v) is 11.7. The minimum absolute atomic E-state index is 0.0879. The predicted octanol–water partition coefficient (Wildman–Crippen LogP) is 2.95. The first-order valence-electron chi connectivity index (χ1n) is 6.49. The van der Waals surface area contributed by atoms with Gasteiger partial charge in [0.1, 0.15) is 11.5 Å². The summed E-state index contributed by atoms with van der Waals surface area (Å²) in [6.45, 7) is 2.70. The average molecular weight is 276 g/mol. The molecule has 4 nitrogen and oxygen atoms in total. The minimum atomic E-state index is 0.0879. The summed E-state index contributed by atoms with van der Waals surface area (Å²) in [5, 5.41) is 6.07. The van der Waals surface area contributed by atoms with Crippen molar-refractivity contribution in [3.8, 4) is 0 Å². The molecule has 0 N–H and O–H groups in total. The Morgan fingerprint density at radius 3 is 3.21 bits per heavy atom. The number of likely N-dealkylation sites (tertiary alicyclic amines) is 1. The van der Waals surface area contributed by atoms with Crippen LogP contribution in [0.15, 0.2) is 28.1 Å². The number of aromatic nitrogens is 1. The normalized spacial score (nSPS) is 19.0. The van der Waals surface area contributed by atoms with Gasteiger partial charge >= 0.3 is 0 Å². The highest BCUT2D eigenvalue weighted by atomic mass is 32.1. The molecule has 0 saturated carbocycles. The van der Waals surface area contributed by atoms with Crippen molar-refractivity contribution < 1.29 is 9.32 Å². The van der Waals surface area contributed by atoms with Gasteiger partial charge < -0.3 is 9.42 Å². The fourth-order valence-corrected chi connectivity index (χ4v) is 3.28. The lowest BCUT2D eigenvalue weighted by Gasteiger charge is -2.22. The van der Waals surface area contributed by atoms with Crippen LogP contribution in [0.25, 0.3) is 0 Å². The van der Waals surface area contributed by atoms with Crippen LogP contribution in [0.2, 0.25) is 0 Å². The molecule has 0 radical (unpaired) electrons. The molecule has 0 spiro atoms. The fourth-order valence-electron chi connectivity index (χ4n) is 2.58. The third-order valence-electron chi connectivity index (χ3n) is 3.47. The van der Waals surface area contributed by atoms with Gasteiger partial charge in [0.25, 0.3) is 0 Å². The number of aryl methyl sites for hydroxylation is 1. The average Bonchev–Trinajstić information content (AvgIpc) is 3.07. The van der Waals surface area contributed by atoms with E-state index in [0.717, 1.165) is 35.7 Å². The zero-order chi connectivity index (χ0) is 13.2. The Morgan fingerprint density at radius 1 is 1.63 bits per heavy atom. The molecule has 0 bridgehead atoms. The lowest BCUT2D eigenvalue weighted by Crippen LogP contribution is -2.31. The molecule has 2 aromatic heterocycles. The standard InChI is InChI=1S/C14H16N2O2S/c1-10-8-12(15-18-10)13-5-2-6-16(13)14(17)9-11-4-3-7-19-11/h3-4,7-8,13H,2,5-6,9H2,1H3/t13-/m1/s1. The largest absolute Gasteiger partial charge is 0.361 e. The van der Waals surface area contributed by atoms with E-state index in [1.54, 1.807) is 11.3 Å². The molecule has 0 aromatic carbocycles. The molecule has 3 rings (SSSR count). The number of rotatable bonds is 3. The topological polar surface area (TPSA) is 46.3 Å². The Kier molecular flexibility index (Phi) is 3.38. The Hall–Kier alpha value is -1.62. The molecule has 19 heavy (non-hydrogen) atoms. The van der Waals surface area contributed by atoms with E-state index in [0.29, 0.717) is 6.42 Å². The van der Waals surface area contributed by atoms with Gasteiger partial charge in [0.2, 0.25) is 5.91 Å². The summed E-state index contributed by atoms with van der Waals surface area (Å²) in [6, 6.07) is 6.01. The van der Waals surface area contributed by atoms with Crippen LogP contribution < -0.4 is 0 Å². The van der Waals surface area contributed by atoms with E-state index in [4.69, 9.17) is 4.52 Å². The summed E-state index contributed by atoms with van der Waals surface area (Å²) in [6.07, 6.45) is 2.50. The van der Waals surface area contributed by atoms with Crippen molar-refractivity contribution in [2.24, 2.45) is 0 Å². The maximum Gasteiger partial charge on any atom is 0.228 e. The van der Waals surface area contributed by atoms with Gasteiger partial charge in [0, 0.05) is 17.5 Å². The van der Waals surface area contributed by atoms with Gasteiger partial charge in [-0.1, -0.05) is 11.2 Å². The highest BCUT2D eigenvalue weighted by Crippen LogP contribution is 2.32. The van der Waals surface area contributed by atoms with Gasteiger partial charge in [-0.2, -0.15) is 0 Å². The smallest absolute Gasteiger partial charge is 0.228 e. The molecule has 100 valence electrons. The first-order chi connectivity index (χ1) is 9.24. The lowest BCUT2D eigenvalue weighted by molar-refractivity contribution is -0.131. The molecular weight excluding hydrogens is 260 g/mol. The second-order valence-electron chi connectivity index (χ2n) is 4.86. The molecular formula is C14H16N2O2S. The van der Waals surface area contributed by atoms with Crippen molar-refractivity contribution in [1.29, 1.82) is 0 Å². The fraction of sp³-hybridized carbons (Fsp3) is 0.429. The van der Waals surface area contributed by atoms with E-state index in [1.165, 1.54) is 0 Å². The summed E-state index contributed by atoms with van der Waals surface area (Å²) in [4.78, 5) is 15.4. The van der Waals surface area contributed by atoms with Gasteiger partial charge in [-0.3, -0.25) is 4.79 Å². The molecule has 1 saturated heterocycles. The first kappa shape index (κ1) is 12.4. The Balaban J connectivity index is 1.74. The second kappa shape index (κ2) is 5.17. The van der Waals surface area contributed by atoms with Crippen LogP contribution >= 0.6 is 11.3 Å². The van der Waals surface area contributed by atoms with Crippen molar-refractivity contribution in [2.75, 3.05) is 6.54 Å². The van der Waals surface area contributed by atoms with Gasteiger partial charge in [0.15, 0.2) is 0 Å². The van der Waals surface area contributed by atoms with Crippen LogP contribution in [-0.2, 0) is 11.2 Å². The van der Waals surface area contributed by atoms with Crippen molar-refractivity contribution in [3.05, 3.63) is 39.9 Å². The molecule has 3 heterocycles. The van der Waals surface area contributed by atoms with Gasteiger partial charge in [0.05, 0.1) is 12.5 Å². The Morgan fingerprint density at radius 2 is 2.53 bits per heavy atom. The van der Waals surface area contributed by atoms with Crippen LogP contribution in [0.5, 0.6) is 0 Å². The van der Waals surface area contributed by atoms with Gasteiger partial charge in [-0.25, -0.2) is 0 Å². The molecule has 1 aliphatic heterocycles. The summed E-state index contributed by atoms with van der Waals surface area (Å²) >= 11 is 1.63. The number of carbonyl (C=O) groups is 1. The van der Waals surface area contributed by atoms with E-state index in [-0.39, 0.29) is 11.9 Å². The highest BCUT2D eigenvalue weighted by molar-refractivity contribution is 7.10. The SMILES string of the molecule is Cc1cc([C@H]2CCCN2C(=O)Cc2cccs2)no1. The van der Waals surface area contributed by atoms with Crippen molar-refractivity contribution >= 4 is 17.2 Å². The molecule has 0 aliphatic carbocycles. The van der Waals surface area contributed by atoms with E-state index in [2.05, 4.69) is 5.16 Å². The van der Waals surface area contributed by atoms with Crippen molar-refractivity contribution in [2.45, 2.75) is 32.2 Å². The molecule has 0 unspecified atom stereocenters. The minimum Gasteiger partial charge on any atom is -0.361 e.